The maximum atomic E-state index is 6.73. The molecule has 0 N–H and O–H groups in total. The fourth-order valence-corrected chi connectivity index (χ4v) is 7.31. The van der Waals surface area contributed by atoms with E-state index < -0.39 is 0 Å². The number of thiocarbonyl (C=S) groups is 1. The van der Waals surface area contributed by atoms with E-state index in [-0.39, 0.29) is 17.7 Å². The molecule has 41 heavy (non-hydrogen) atoms. The highest BCUT2D eigenvalue weighted by molar-refractivity contribution is 8.46. The Bertz CT molecular complexity index is 955. The van der Waals surface area contributed by atoms with Crippen molar-refractivity contribution in [1.82, 2.24) is 5.06 Å². The summed E-state index contributed by atoms with van der Waals surface area (Å²) in [5, 5.41) is 2.21. The molecule has 230 valence electrons. The first kappa shape index (κ1) is 36.3. The van der Waals surface area contributed by atoms with Crippen LogP contribution in [-0.4, -0.2) is 19.9 Å². The zero-order valence-electron chi connectivity index (χ0n) is 27.0. The minimum absolute atomic E-state index is 0.0430. The van der Waals surface area contributed by atoms with E-state index in [1.54, 1.807) is 11.8 Å². The van der Waals surface area contributed by atoms with Gasteiger partial charge in [0.25, 0.3) is 0 Å². The summed E-state index contributed by atoms with van der Waals surface area (Å²) in [5.74, 6) is 2.49. The van der Waals surface area contributed by atoms with Crippen LogP contribution in [0.1, 0.15) is 142 Å². The Labute approximate surface area is 267 Å². The molecule has 0 saturated heterocycles. The van der Waals surface area contributed by atoms with Gasteiger partial charge in [0, 0.05) is 11.3 Å². The van der Waals surface area contributed by atoms with Crippen molar-refractivity contribution in [2.45, 2.75) is 136 Å². The molecule has 0 aromatic heterocycles. The van der Waals surface area contributed by atoms with E-state index >= 15 is 0 Å². The van der Waals surface area contributed by atoms with E-state index in [9.17, 15) is 0 Å². The molecule has 0 fully saturated rings. The van der Waals surface area contributed by atoms with Gasteiger partial charge in [-0.1, -0.05) is 145 Å². The lowest BCUT2D eigenvalue weighted by Gasteiger charge is -2.44. The van der Waals surface area contributed by atoms with Crippen LogP contribution in [0.25, 0.3) is 0 Å². The van der Waals surface area contributed by atoms with Gasteiger partial charge in [-0.2, -0.15) is 5.06 Å². The second kappa shape index (κ2) is 20.2. The van der Waals surface area contributed by atoms with Crippen LogP contribution in [0.4, 0.5) is 0 Å². The predicted octanol–water partition coefficient (Wildman–Crippen LogP) is 12.3. The predicted molar refractivity (Wildman–Crippen MR) is 190 cm³/mol. The van der Waals surface area contributed by atoms with E-state index in [0.29, 0.717) is 5.92 Å². The molecule has 0 saturated carbocycles. The third-order valence-corrected chi connectivity index (χ3v) is 10.3. The van der Waals surface area contributed by atoms with Gasteiger partial charge in [-0.25, -0.2) is 0 Å². The minimum Gasteiger partial charge on any atom is -0.290 e. The SMILES string of the molecule is CCCCCCCCCCCCSC(=S)SCc1ccc(C(C)ON(C(c2ccccc2)C(C)C)C(C)(C)C)cc1. The Morgan fingerprint density at radius 3 is 1.85 bits per heavy atom. The topological polar surface area (TPSA) is 12.5 Å². The number of hydrogen-bond acceptors (Lipinski definition) is 5. The van der Waals surface area contributed by atoms with E-state index in [1.165, 1.54) is 80.9 Å². The monoisotopic (exact) mass is 615 g/mol. The summed E-state index contributed by atoms with van der Waals surface area (Å²) >= 11 is 9.32. The Hall–Kier alpha value is -0.850. The molecule has 0 aliphatic rings. The fourth-order valence-electron chi connectivity index (χ4n) is 5.13. The van der Waals surface area contributed by atoms with Crippen LogP contribution in [0.5, 0.6) is 0 Å². The molecule has 2 aromatic rings. The lowest BCUT2D eigenvalue weighted by Crippen LogP contribution is -2.46. The minimum atomic E-state index is -0.142. The summed E-state index contributed by atoms with van der Waals surface area (Å²) in [7, 11) is 0. The van der Waals surface area contributed by atoms with Gasteiger partial charge in [0.05, 0.1) is 6.04 Å². The summed E-state index contributed by atoms with van der Waals surface area (Å²) in [4.78, 5) is 6.73. The summed E-state index contributed by atoms with van der Waals surface area (Å²) in [6.45, 7) is 15.7. The summed E-state index contributed by atoms with van der Waals surface area (Å²) in [5.41, 5.74) is 3.65. The van der Waals surface area contributed by atoms with Crippen molar-refractivity contribution in [3.05, 3.63) is 71.3 Å². The first-order chi connectivity index (χ1) is 19.6. The van der Waals surface area contributed by atoms with E-state index in [2.05, 4.69) is 108 Å². The lowest BCUT2D eigenvalue weighted by atomic mass is 9.92. The molecule has 2 rings (SSSR count). The Kier molecular flexibility index (Phi) is 17.9. The Morgan fingerprint density at radius 2 is 1.32 bits per heavy atom. The van der Waals surface area contributed by atoms with Gasteiger partial charge in [-0.15, -0.1) is 23.5 Å². The normalized spacial score (nSPS) is 13.6. The molecular weight excluding hydrogens is 559 g/mol. The van der Waals surface area contributed by atoms with Crippen molar-refractivity contribution in [3.8, 4) is 0 Å². The molecule has 2 nitrogen and oxygen atoms in total. The van der Waals surface area contributed by atoms with Crippen molar-refractivity contribution < 1.29 is 4.84 Å². The van der Waals surface area contributed by atoms with Gasteiger partial charge >= 0.3 is 0 Å². The molecule has 5 heteroatoms. The molecule has 0 aliphatic carbocycles. The molecule has 0 radical (unpaired) electrons. The van der Waals surface area contributed by atoms with Crippen molar-refractivity contribution in [2.75, 3.05) is 5.75 Å². The molecular formula is C36H57NOS3. The maximum Gasteiger partial charge on any atom is 0.104 e. The molecule has 0 heterocycles. The molecule has 0 bridgehead atoms. The summed E-state index contributed by atoms with van der Waals surface area (Å²) < 4.78 is 1.07. The van der Waals surface area contributed by atoms with Crippen LogP contribution in [0.2, 0.25) is 0 Å². The standard InChI is InChI=1S/C36H57NOS3/c1-8-9-10-11-12-13-14-15-16-20-27-40-35(39)41-28-31-23-25-32(26-24-31)30(4)38-37(36(5,6)7)34(29(2)3)33-21-18-17-19-22-33/h17-19,21-26,29-30,34H,8-16,20,27-28H2,1-7H3. The van der Waals surface area contributed by atoms with Crippen LogP contribution in [0, 0.1) is 5.92 Å². The maximum absolute atomic E-state index is 6.73. The molecule has 0 aliphatic heterocycles. The number of rotatable bonds is 19. The number of hydroxylamine groups is 2. The molecule has 0 spiro atoms. The average molecular weight is 616 g/mol. The van der Waals surface area contributed by atoms with Crippen LogP contribution in [0.15, 0.2) is 54.6 Å². The van der Waals surface area contributed by atoms with Crippen LogP contribution in [0.3, 0.4) is 0 Å². The molecule has 2 aromatic carbocycles. The largest absolute Gasteiger partial charge is 0.290 e. The van der Waals surface area contributed by atoms with E-state index in [0.717, 1.165) is 15.0 Å². The highest BCUT2D eigenvalue weighted by Gasteiger charge is 2.34. The van der Waals surface area contributed by atoms with Crippen molar-refractivity contribution in [1.29, 1.82) is 0 Å². The van der Waals surface area contributed by atoms with Crippen molar-refractivity contribution in [2.24, 2.45) is 5.92 Å². The highest BCUT2D eigenvalue weighted by Crippen LogP contribution is 2.37. The Morgan fingerprint density at radius 1 is 0.756 bits per heavy atom. The van der Waals surface area contributed by atoms with Gasteiger partial charge in [0.1, 0.15) is 9.63 Å². The smallest absolute Gasteiger partial charge is 0.104 e. The zero-order chi connectivity index (χ0) is 30.1. The summed E-state index contributed by atoms with van der Waals surface area (Å²) in [6, 6.07) is 19.8. The number of benzene rings is 2. The lowest BCUT2D eigenvalue weighted by molar-refractivity contribution is -0.272. The number of hydrogen-bond donors (Lipinski definition) is 0. The Balaban J connectivity index is 1.76. The number of thioether (sulfide) groups is 2. The first-order valence-corrected chi connectivity index (χ1v) is 18.4. The zero-order valence-corrected chi connectivity index (χ0v) is 29.4. The number of unbranched alkanes of at least 4 members (excludes halogenated alkanes) is 9. The van der Waals surface area contributed by atoms with Crippen LogP contribution >= 0.6 is 35.7 Å². The third kappa shape index (κ3) is 14.4. The van der Waals surface area contributed by atoms with Gasteiger partial charge in [-0.05, 0) is 62.5 Å². The fraction of sp³-hybridized carbons (Fsp3) is 0.639. The van der Waals surface area contributed by atoms with Crippen LogP contribution in [-0.2, 0) is 10.6 Å². The van der Waals surface area contributed by atoms with Crippen LogP contribution < -0.4 is 0 Å². The van der Waals surface area contributed by atoms with Gasteiger partial charge in [-0.3, -0.25) is 4.84 Å². The van der Waals surface area contributed by atoms with E-state index in [1.807, 2.05) is 11.8 Å². The second-order valence-electron chi connectivity index (χ2n) is 12.7. The number of nitrogens with zero attached hydrogens (tertiary/aromatic N) is 1. The second-order valence-corrected chi connectivity index (χ2v) is 15.9. The quantitative estimate of drug-likeness (QED) is 0.0882. The van der Waals surface area contributed by atoms with Crippen molar-refractivity contribution >= 4 is 39.3 Å². The molecule has 2 unspecified atom stereocenters. The van der Waals surface area contributed by atoms with Gasteiger partial charge in [0.15, 0.2) is 0 Å². The highest BCUT2D eigenvalue weighted by atomic mass is 32.2. The average Bonchev–Trinajstić information content (AvgIpc) is 2.94. The molecule has 2 atom stereocenters. The van der Waals surface area contributed by atoms with E-state index in [4.69, 9.17) is 17.1 Å². The third-order valence-electron chi connectivity index (χ3n) is 7.48. The molecule has 0 amide bonds. The summed E-state index contributed by atoms with van der Waals surface area (Å²) in [6.07, 6.45) is 13.8. The first-order valence-electron chi connectivity index (χ1n) is 16.0. The van der Waals surface area contributed by atoms with Gasteiger partial charge < -0.3 is 0 Å². The van der Waals surface area contributed by atoms with Crippen molar-refractivity contribution in [3.63, 3.8) is 0 Å². The van der Waals surface area contributed by atoms with Gasteiger partial charge in [0.2, 0.25) is 0 Å².